The molecule has 0 saturated heterocycles. The molecule has 5 rings (SSSR count). The van der Waals surface area contributed by atoms with Gasteiger partial charge in [-0.05, 0) is 36.8 Å². The fourth-order valence-electron chi connectivity index (χ4n) is 4.50. The van der Waals surface area contributed by atoms with E-state index in [-0.39, 0.29) is 28.5 Å². The Balaban J connectivity index is 1.56. The summed E-state index contributed by atoms with van der Waals surface area (Å²) in [5, 5.41) is 0.363. The van der Waals surface area contributed by atoms with Crippen LogP contribution in [0.5, 0.6) is 0 Å². The summed E-state index contributed by atoms with van der Waals surface area (Å²) in [6.45, 7) is 2.49. The van der Waals surface area contributed by atoms with Crippen LogP contribution in [0.2, 0.25) is 0 Å². The van der Waals surface area contributed by atoms with Gasteiger partial charge >= 0.3 is 5.97 Å². The second-order valence-electron chi connectivity index (χ2n) is 8.91. The molecule has 0 spiro atoms. The van der Waals surface area contributed by atoms with Crippen molar-refractivity contribution in [3.05, 3.63) is 94.6 Å². The molecule has 0 saturated carbocycles. The monoisotopic (exact) mass is 495 g/mol. The van der Waals surface area contributed by atoms with Crippen LogP contribution in [0.1, 0.15) is 48.2 Å². The van der Waals surface area contributed by atoms with Crippen molar-refractivity contribution < 1.29 is 19.1 Å². The van der Waals surface area contributed by atoms with Gasteiger partial charge in [0, 0.05) is 43.3 Å². The third-order valence-electron chi connectivity index (χ3n) is 6.35. The highest BCUT2D eigenvalue weighted by Crippen LogP contribution is 2.30. The molecule has 0 atom stereocenters. The van der Waals surface area contributed by atoms with Gasteiger partial charge in [-0.25, -0.2) is 14.8 Å². The minimum Gasteiger partial charge on any atom is -0.465 e. The average molecular weight is 496 g/mol. The van der Waals surface area contributed by atoms with E-state index >= 15 is 0 Å². The number of fused-ring (bicyclic) bond motifs is 2. The second-order valence-corrected chi connectivity index (χ2v) is 8.91. The lowest BCUT2D eigenvalue weighted by molar-refractivity contribution is 0.0602. The molecule has 9 nitrogen and oxygen atoms in total. The van der Waals surface area contributed by atoms with E-state index in [1.807, 2.05) is 31.2 Å². The highest BCUT2D eigenvalue weighted by molar-refractivity contribution is 6.24. The maximum absolute atomic E-state index is 13.8. The van der Waals surface area contributed by atoms with Gasteiger partial charge < -0.3 is 19.2 Å². The Kier molecular flexibility index (Phi) is 6.04. The number of carbonyl (C=O) groups excluding carboxylic acids is 3. The minimum absolute atomic E-state index is 0.124. The number of ketones is 1. The van der Waals surface area contributed by atoms with Crippen LogP contribution in [-0.4, -0.2) is 63.3 Å². The normalized spacial score (nSPS) is 11.1. The topological polar surface area (TPSA) is 110 Å². The van der Waals surface area contributed by atoms with E-state index < -0.39 is 5.97 Å². The molecule has 5 aromatic rings. The van der Waals surface area contributed by atoms with Crippen molar-refractivity contribution in [3.8, 4) is 0 Å². The summed E-state index contributed by atoms with van der Waals surface area (Å²) in [6, 6.07) is 16.0. The number of rotatable bonds is 6. The average Bonchev–Trinajstić information content (AvgIpc) is 3.45. The predicted octanol–water partition coefficient (Wildman–Crippen LogP) is 3.99. The van der Waals surface area contributed by atoms with E-state index in [1.165, 1.54) is 12.0 Å². The molecule has 0 aliphatic carbocycles. The molecule has 186 valence electrons. The Morgan fingerprint density at radius 1 is 1.03 bits per heavy atom. The first-order chi connectivity index (χ1) is 17.8. The van der Waals surface area contributed by atoms with Gasteiger partial charge in [0.2, 0.25) is 0 Å². The first kappa shape index (κ1) is 23.9. The van der Waals surface area contributed by atoms with Crippen LogP contribution in [0.25, 0.3) is 22.1 Å². The van der Waals surface area contributed by atoms with Crippen molar-refractivity contribution in [1.82, 2.24) is 24.4 Å². The Morgan fingerprint density at radius 2 is 1.78 bits per heavy atom. The number of aryl methyl sites for hydroxylation is 1. The summed E-state index contributed by atoms with van der Waals surface area (Å²) in [7, 11) is 4.49. The summed E-state index contributed by atoms with van der Waals surface area (Å²) in [4.78, 5) is 52.6. The van der Waals surface area contributed by atoms with Crippen molar-refractivity contribution in [3.63, 3.8) is 0 Å². The standard InChI is InChI=1S/C28H25N5O4/c1-16-30-26-21(9-6-14-29-26)33(16)15-17-10-12-18(13-11-17)25(34)23-22-19(28(36)37-4)7-5-8-20(22)31-24(23)27(35)32(2)3/h5-14,31H,15H2,1-4H3. The van der Waals surface area contributed by atoms with Crippen LogP contribution < -0.4 is 0 Å². The fraction of sp³-hybridized carbons (Fsp3) is 0.179. The Morgan fingerprint density at radius 3 is 2.49 bits per heavy atom. The Labute approximate surface area is 212 Å². The first-order valence-corrected chi connectivity index (χ1v) is 11.7. The van der Waals surface area contributed by atoms with Crippen LogP contribution in [0, 0.1) is 6.92 Å². The van der Waals surface area contributed by atoms with E-state index in [4.69, 9.17) is 4.74 Å². The number of ether oxygens (including phenoxy) is 1. The largest absolute Gasteiger partial charge is 0.465 e. The van der Waals surface area contributed by atoms with Crippen molar-refractivity contribution in [2.24, 2.45) is 0 Å². The summed E-state index contributed by atoms with van der Waals surface area (Å²) in [5.74, 6) is -0.485. The molecular weight excluding hydrogens is 470 g/mol. The number of imidazole rings is 1. The molecule has 3 heterocycles. The number of H-pyrrole nitrogens is 1. The van der Waals surface area contributed by atoms with E-state index in [9.17, 15) is 14.4 Å². The number of nitrogens with one attached hydrogen (secondary N) is 1. The SMILES string of the molecule is COC(=O)c1cccc2[nH]c(C(=O)N(C)C)c(C(=O)c3ccc(Cn4c(C)nc5ncccc54)cc3)c12. The van der Waals surface area contributed by atoms with Gasteiger partial charge in [-0.2, -0.15) is 0 Å². The van der Waals surface area contributed by atoms with Gasteiger partial charge in [-0.1, -0.05) is 30.3 Å². The Bertz CT molecular complexity index is 1680. The Hall–Kier alpha value is -4.79. The van der Waals surface area contributed by atoms with Crippen molar-refractivity contribution >= 4 is 39.7 Å². The molecule has 0 radical (unpaired) electrons. The van der Waals surface area contributed by atoms with Gasteiger partial charge in [0.15, 0.2) is 11.4 Å². The summed E-state index contributed by atoms with van der Waals surface area (Å²) in [6.07, 6.45) is 1.71. The second kappa shape index (κ2) is 9.34. The van der Waals surface area contributed by atoms with Crippen molar-refractivity contribution in [1.29, 1.82) is 0 Å². The summed E-state index contributed by atoms with van der Waals surface area (Å²) < 4.78 is 7.00. The maximum Gasteiger partial charge on any atom is 0.338 e. The van der Waals surface area contributed by atoms with Gasteiger partial charge in [-0.15, -0.1) is 0 Å². The zero-order valence-corrected chi connectivity index (χ0v) is 20.9. The maximum atomic E-state index is 13.8. The molecule has 2 aromatic carbocycles. The highest BCUT2D eigenvalue weighted by Gasteiger charge is 2.28. The van der Waals surface area contributed by atoms with E-state index in [2.05, 4.69) is 19.5 Å². The van der Waals surface area contributed by atoms with Crippen LogP contribution >= 0.6 is 0 Å². The zero-order valence-electron chi connectivity index (χ0n) is 20.9. The number of carbonyl (C=O) groups is 3. The number of hydrogen-bond acceptors (Lipinski definition) is 6. The number of hydrogen-bond donors (Lipinski definition) is 1. The van der Waals surface area contributed by atoms with Crippen molar-refractivity contribution in [2.75, 3.05) is 21.2 Å². The van der Waals surface area contributed by atoms with Crippen LogP contribution in [0.4, 0.5) is 0 Å². The van der Waals surface area contributed by atoms with E-state index in [0.717, 1.165) is 16.9 Å². The quantitative estimate of drug-likeness (QED) is 0.282. The predicted molar refractivity (Wildman–Crippen MR) is 139 cm³/mol. The number of methoxy groups -OCH3 is 1. The highest BCUT2D eigenvalue weighted by atomic mass is 16.5. The lowest BCUT2D eigenvalue weighted by Crippen LogP contribution is -2.24. The van der Waals surface area contributed by atoms with Gasteiger partial charge in [0.05, 0.1) is 23.8 Å². The molecule has 0 unspecified atom stereocenters. The molecule has 37 heavy (non-hydrogen) atoms. The van der Waals surface area contributed by atoms with E-state index in [1.54, 1.807) is 50.6 Å². The third-order valence-corrected chi connectivity index (χ3v) is 6.35. The molecule has 0 bridgehead atoms. The van der Waals surface area contributed by atoms with Gasteiger partial charge in [-0.3, -0.25) is 9.59 Å². The molecule has 3 aromatic heterocycles. The smallest absolute Gasteiger partial charge is 0.338 e. The van der Waals surface area contributed by atoms with Crippen LogP contribution in [-0.2, 0) is 11.3 Å². The number of pyridine rings is 1. The molecule has 0 fully saturated rings. The zero-order chi connectivity index (χ0) is 26.3. The number of benzene rings is 2. The summed E-state index contributed by atoms with van der Waals surface area (Å²) >= 11 is 0. The third kappa shape index (κ3) is 4.14. The minimum atomic E-state index is -0.588. The summed E-state index contributed by atoms with van der Waals surface area (Å²) in [5.41, 5.74) is 3.97. The molecule has 0 aliphatic rings. The molecule has 1 amide bonds. The molecule has 0 aliphatic heterocycles. The van der Waals surface area contributed by atoms with Crippen LogP contribution in [0.3, 0.4) is 0 Å². The van der Waals surface area contributed by atoms with Gasteiger partial charge in [0.25, 0.3) is 5.91 Å². The molecule has 1 N–H and O–H groups in total. The number of aromatic nitrogens is 4. The van der Waals surface area contributed by atoms with E-state index in [0.29, 0.717) is 28.7 Å². The number of aromatic amines is 1. The van der Waals surface area contributed by atoms with Gasteiger partial charge in [0.1, 0.15) is 11.5 Å². The molecular formula is C28H25N5O4. The van der Waals surface area contributed by atoms with Crippen LogP contribution in [0.15, 0.2) is 60.8 Å². The molecule has 9 heteroatoms. The lowest BCUT2D eigenvalue weighted by Gasteiger charge is -2.12. The van der Waals surface area contributed by atoms with Crippen molar-refractivity contribution in [2.45, 2.75) is 13.5 Å². The number of nitrogens with zero attached hydrogens (tertiary/aromatic N) is 4. The fourth-order valence-corrected chi connectivity index (χ4v) is 4.50. The first-order valence-electron chi connectivity index (χ1n) is 11.7. The lowest BCUT2D eigenvalue weighted by atomic mass is 9.96. The number of amides is 1. The number of esters is 1.